The highest BCUT2D eigenvalue weighted by molar-refractivity contribution is 5.89. The molecule has 0 saturated heterocycles. The van der Waals surface area contributed by atoms with E-state index in [-0.39, 0.29) is 0 Å². The summed E-state index contributed by atoms with van der Waals surface area (Å²) in [7, 11) is 0. The molecule has 0 aromatic heterocycles. The number of ether oxygens (including phenoxy) is 3. The number of rotatable bonds is 4. The predicted molar refractivity (Wildman–Crippen MR) is 90.9 cm³/mol. The third-order valence-corrected chi connectivity index (χ3v) is 3.91. The van der Waals surface area contributed by atoms with Gasteiger partial charge in [0.2, 0.25) is 5.90 Å². The van der Waals surface area contributed by atoms with Gasteiger partial charge in [-0.25, -0.2) is 9.79 Å². The number of aliphatic imine (C=N–C) groups is 1. The maximum atomic E-state index is 11.8. The van der Waals surface area contributed by atoms with Crippen LogP contribution < -0.4 is 0 Å². The molecule has 130 valence electrons. The molecule has 3 rings (SSSR count). The molecule has 2 heterocycles. The van der Waals surface area contributed by atoms with E-state index in [1.54, 1.807) is 6.08 Å². The molecular formula is C19H19NO5. The highest BCUT2D eigenvalue weighted by Gasteiger charge is 2.45. The monoisotopic (exact) mass is 341 g/mol. The van der Waals surface area contributed by atoms with Crippen molar-refractivity contribution in [2.75, 3.05) is 0 Å². The lowest BCUT2D eigenvalue weighted by Crippen LogP contribution is -2.45. The maximum absolute atomic E-state index is 11.8. The lowest BCUT2D eigenvalue weighted by atomic mass is 9.94. The Morgan fingerprint density at radius 1 is 1.24 bits per heavy atom. The summed E-state index contributed by atoms with van der Waals surface area (Å²) in [4.78, 5) is 27.7. The number of hydrogen-bond acceptors (Lipinski definition) is 6. The zero-order chi connectivity index (χ0) is 17.8. The van der Waals surface area contributed by atoms with Crippen LogP contribution in [0.2, 0.25) is 0 Å². The number of benzene rings is 1. The van der Waals surface area contributed by atoms with Crippen LogP contribution in [0.25, 0.3) is 0 Å². The summed E-state index contributed by atoms with van der Waals surface area (Å²) in [5, 5.41) is 0. The molecule has 2 aliphatic heterocycles. The van der Waals surface area contributed by atoms with Crippen molar-refractivity contribution >= 4 is 17.8 Å². The average Bonchev–Trinajstić information content (AvgIpc) is 3.01. The number of hydrogen-bond donors (Lipinski definition) is 0. The first kappa shape index (κ1) is 17.0. The van der Waals surface area contributed by atoms with E-state index in [0.29, 0.717) is 5.90 Å². The molecule has 0 aliphatic carbocycles. The lowest BCUT2D eigenvalue weighted by molar-refractivity contribution is -0.165. The van der Waals surface area contributed by atoms with Gasteiger partial charge in [-0.3, -0.25) is 4.79 Å². The summed E-state index contributed by atoms with van der Waals surface area (Å²) in [5.74, 6) is -0.492. The largest absolute Gasteiger partial charge is 0.467 e. The van der Waals surface area contributed by atoms with Crippen LogP contribution in [0.3, 0.4) is 0 Å². The van der Waals surface area contributed by atoms with Crippen molar-refractivity contribution < 1.29 is 23.8 Å². The van der Waals surface area contributed by atoms with Crippen molar-refractivity contribution in [2.45, 2.75) is 38.2 Å². The number of allylic oxidation sites excluding steroid dienone is 1. The molecule has 1 unspecified atom stereocenters. The molecule has 0 fully saturated rings. The van der Waals surface area contributed by atoms with Crippen molar-refractivity contribution in [3.05, 3.63) is 60.2 Å². The van der Waals surface area contributed by atoms with Crippen LogP contribution in [0.1, 0.15) is 25.5 Å². The Hall–Kier alpha value is -2.89. The molecule has 4 atom stereocenters. The summed E-state index contributed by atoms with van der Waals surface area (Å²) < 4.78 is 16.7. The molecule has 0 amide bonds. The Morgan fingerprint density at radius 3 is 2.68 bits per heavy atom. The van der Waals surface area contributed by atoms with E-state index in [9.17, 15) is 9.59 Å². The lowest BCUT2D eigenvalue weighted by Gasteiger charge is -2.31. The normalized spacial score (nSPS) is 28.4. The van der Waals surface area contributed by atoms with E-state index in [0.717, 1.165) is 5.56 Å². The van der Waals surface area contributed by atoms with E-state index in [1.165, 1.54) is 19.1 Å². The Labute approximate surface area is 145 Å². The zero-order valence-corrected chi connectivity index (χ0v) is 14.0. The average molecular weight is 341 g/mol. The zero-order valence-electron chi connectivity index (χ0n) is 14.0. The minimum absolute atomic E-state index is 0.435. The summed E-state index contributed by atoms with van der Waals surface area (Å²) >= 11 is 0. The van der Waals surface area contributed by atoms with Gasteiger partial charge < -0.3 is 14.2 Å². The minimum Gasteiger partial charge on any atom is -0.467 e. The third-order valence-electron chi connectivity index (χ3n) is 3.91. The van der Waals surface area contributed by atoms with Crippen LogP contribution in [0.5, 0.6) is 0 Å². The van der Waals surface area contributed by atoms with Gasteiger partial charge in [-0.1, -0.05) is 36.4 Å². The quantitative estimate of drug-likeness (QED) is 0.787. The molecular weight excluding hydrogens is 322 g/mol. The van der Waals surface area contributed by atoms with Gasteiger partial charge in [0, 0.05) is 13.0 Å². The first-order valence-electron chi connectivity index (χ1n) is 8.06. The molecule has 0 N–H and O–H groups in total. The molecule has 1 aromatic rings. The topological polar surface area (TPSA) is 74.2 Å². The second kappa shape index (κ2) is 7.34. The SMILES string of the molecule is C/C=C/C1=NC([C@H]2OC(=O)C=C[C@@H]2OC(C)=O)[C@@H](c2ccccc2)O1. The standard InChI is InChI=1S/C19H19NO5/c1-3-7-15-20-17(18(24-15)13-8-5-4-6-9-13)19-14(23-12(2)21)10-11-16(22)25-19/h3-11,14,17-19H,1-2H3/b7-3+/t14-,17?,18+,19-/m0/s1. The van der Waals surface area contributed by atoms with Crippen molar-refractivity contribution in [2.24, 2.45) is 4.99 Å². The number of esters is 2. The smallest absolute Gasteiger partial charge is 0.331 e. The summed E-state index contributed by atoms with van der Waals surface area (Å²) in [6.07, 6.45) is 4.46. The van der Waals surface area contributed by atoms with Gasteiger partial charge in [0.15, 0.2) is 18.3 Å². The second-order valence-electron chi connectivity index (χ2n) is 5.74. The highest BCUT2D eigenvalue weighted by atomic mass is 16.6. The predicted octanol–water partition coefficient (Wildman–Crippen LogP) is 2.51. The number of carbonyl (C=O) groups is 2. The van der Waals surface area contributed by atoms with Crippen molar-refractivity contribution in [3.8, 4) is 0 Å². The third kappa shape index (κ3) is 3.79. The van der Waals surface area contributed by atoms with Crippen LogP contribution in [-0.4, -0.2) is 36.1 Å². The molecule has 0 spiro atoms. The Bertz CT molecular complexity index is 737. The van der Waals surface area contributed by atoms with Gasteiger partial charge >= 0.3 is 11.9 Å². The van der Waals surface area contributed by atoms with Crippen LogP contribution in [0.4, 0.5) is 0 Å². The number of carbonyl (C=O) groups excluding carboxylic acids is 2. The van der Waals surface area contributed by atoms with Gasteiger partial charge in [0.05, 0.1) is 0 Å². The molecule has 0 saturated carbocycles. The maximum Gasteiger partial charge on any atom is 0.331 e. The fourth-order valence-corrected chi connectivity index (χ4v) is 2.91. The van der Waals surface area contributed by atoms with Crippen LogP contribution in [0, 0.1) is 0 Å². The highest BCUT2D eigenvalue weighted by Crippen LogP contribution is 2.35. The van der Waals surface area contributed by atoms with E-state index >= 15 is 0 Å². The fraction of sp³-hybridized carbons (Fsp3) is 0.316. The molecule has 25 heavy (non-hydrogen) atoms. The van der Waals surface area contributed by atoms with E-state index in [1.807, 2.05) is 43.3 Å². The summed E-state index contributed by atoms with van der Waals surface area (Å²) in [6.45, 7) is 3.18. The van der Waals surface area contributed by atoms with Crippen molar-refractivity contribution in [3.63, 3.8) is 0 Å². The van der Waals surface area contributed by atoms with Gasteiger partial charge in [-0.05, 0) is 24.6 Å². The minimum atomic E-state index is -0.755. The van der Waals surface area contributed by atoms with E-state index in [4.69, 9.17) is 14.2 Å². The van der Waals surface area contributed by atoms with Crippen LogP contribution in [0.15, 0.2) is 59.6 Å². The molecule has 0 radical (unpaired) electrons. The van der Waals surface area contributed by atoms with Crippen LogP contribution >= 0.6 is 0 Å². The fourth-order valence-electron chi connectivity index (χ4n) is 2.91. The number of cyclic esters (lactones) is 1. The second-order valence-corrected chi connectivity index (χ2v) is 5.74. The summed E-state index contributed by atoms with van der Waals surface area (Å²) in [5.41, 5.74) is 0.905. The number of nitrogens with zero attached hydrogens (tertiary/aromatic N) is 1. The van der Waals surface area contributed by atoms with Gasteiger partial charge in [0.1, 0.15) is 6.04 Å². The summed E-state index contributed by atoms with van der Waals surface area (Å²) in [6, 6.07) is 9.04. The van der Waals surface area contributed by atoms with Gasteiger partial charge in [-0.15, -0.1) is 0 Å². The molecule has 2 aliphatic rings. The first-order chi connectivity index (χ1) is 12.1. The van der Waals surface area contributed by atoms with E-state index in [2.05, 4.69) is 4.99 Å². The molecule has 6 nitrogen and oxygen atoms in total. The van der Waals surface area contributed by atoms with Crippen molar-refractivity contribution in [1.82, 2.24) is 0 Å². The Balaban J connectivity index is 1.95. The molecule has 6 heteroatoms. The Kier molecular flexibility index (Phi) is 4.97. The van der Waals surface area contributed by atoms with Crippen molar-refractivity contribution in [1.29, 1.82) is 0 Å². The molecule has 0 bridgehead atoms. The Morgan fingerprint density at radius 2 is 2.00 bits per heavy atom. The molecule has 1 aromatic carbocycles. The first-order valence-corrected chi connectivity index (χ1v) is 8.06. The van der Waals surface area contributed by atoms with Gasteiger partial charge in [-0.2, -0.15) is 0 Å². The van der Waals surface area contributed by atoms with Gasteiger partial charge in [0.25, 0.3) is 0 Å². The van der Waals surface area contributed by atoms with Crippen LogP contribution in [-0.2, 0) is 23.8 Å². The van der Waals surface area contributed by atoms with E-state index < -0.39 is 36.3 Å².